The molecule has 3 N–H and O–H groups in total. The van der Waals surface area contributed by atoms with E-state index >= 15 is 0 Å². The normalized spacial score (nSPS) is 14.7. The van der Waals surface area contributed by atoms with Crippen molar-refractivity contribution in [1.82, 2.24) is 5.32 Å². The highest BCUT2D eigenvalue weighted by Crippen LogP contribution is 2.32. The molecule has 2 unspecified atom stereocenters. The lowest BCUT2D eigenvalue weighted by molar-refractivity contribution is 0.398. The van der Waals surface area contributed by atoms with Crippen molar-refractivity contribution >= 4 is 0 Å². The molecule has 2 atom stereocenters. The van der Waals surface area contributed by atoms with Gasteiger partial charge in [-0.25, -0.2) is 0 Å². The molecule has 0 heterocycles. The number of rotatable bonds is 5. The Bertz CT molecular complexity index is 318. The summed E-state index contributed by atoms with van der Waals surface area (Å²) in [5.74, 6) is 0.285. The van der Waals surface area contributed by atoms with Crippen molar-refractivity contribution in [3.8, 4) is 11.5 Å². The van der Waals surface area contributed by atoms with Crippen molar-refractivity contribution in [2.24, 2.45) is 0 Å². The Morgan fingerprint density at radius 3 is 2.25 bits per heavy atom. The summed E-state index contributed by atoms with van der Waals surface area (Å²) in [5, 5.41) is 22.8. The fourth-order valence-corrected chi connectivity index (χ4v) is 2.01. The van der Waals surface area contributed by atoms with Gasteiger partial charge in [0.25, 0.3) is 0 Å². The first-order chi connectivity index (χ1) is 7.56. The van der Waals surface area contributed by atoms with Crippen LogP contribution in [0, 0.1) is 0 Å². The summed E-state index contributed by atoms with van der Waals surface area (Å²) in [5.41, 5.74) is 0.574. The van der Waals surface area contributed by atoms with Crippen LogP contribution in [0.1, 0.15) is 45.2 Å². The minimum Gasteiger partial charge on any atom is -0.507 e. The van der Waals surface area contributed by atoms with Crippen LogP contribution in [0.4, 0.5) is 0 Å². The zero-order valence-electron chi connectivity index (χ0n) is 10.2. The van der Waals surface area contributed by atoms with Gasteiger partial charge in [-0.2, -0.15) is 0 Å². The van der Waals surface area contributed by atoms with Gasteiger partial charge in [0.15, 0.2) is 0 Å². The maximum absolute atomic E-state index is 9.70. The van der Waals surface area contributed by atoms with Gasteiger partial charge in [-0.15, -0.1) is 0 Å². The highest BCUT2D eigenvalue weighted by molar-refractivity contribution is 5.44. The number of hydrogen-bond donors (Lipinski definition) is 3. The molecule has 3 heteroatoms. The quantitative estimate of drug-likeness (QED) is 0.719. The van der Waals surface area contributed by atoms with Crippen LogP contribution in [0.15, 0.2) is 18.2 Å². The Morgan fingerprint density at radius 1 is 1.19 bits per heavy atom. The molecule has 1 aromatic rings. The molecule has 0 radical (unpaired) electrons. The molecule has 0 saturated heterocycles. The lowest BCUT2D eigenvalue weighted by atomic mass is 10.0. The maximum Gasteiger partial charge on any atom is 0.124 e. The number of benzene rings is 1. The standard InChI is InChI=1S/C13H21NO2/c1-4-6-9(2)14-10(3)13-11(15)7-5-8-12(13)16/h5,7-10,14-16H,4,6H2,1-3H3. The fraction of sp³-hybridized carbons (Fsp3) is 0.538. The Balaban J connectivity index is 2.76. The van der Waals surface area contributed by atoms with Crippen molar-refractivity contribution in [3.63, 3.8) is 0 Å². The molecule has 90 valence electrons. The van der Waals surface area contributed by atoms with Gasteiger partial charge in [0.2, 0.25) is 0 Å². The van der Waals surface area contributed by atoms with Crippen molar-refractivity contribution in [2.75, 3.05) is 0 Å². The SMILES string of the molecule is CCCC(C)NC(C)c1c(O)cccc1O. The van der Waals surface area contributed by atoms with Gasteiger partial charge in [0.1, 0.15) is 11.5 Å². The molecule has 0 aliphatic carbocycles. The molecule has 3 nitrogen and oxygen atoms in total. The van der Waals surface area contributed by atoms with Crippen LogP contribution < -0.4 is 5.32 Å². The average molecular weight is 223 g/mol. The van der Waals surface area contributed by atoms with Crippen LogP contribution in [0.25, 0.3) is 0 Å². The van der Waals surface area contributed by atoms with Crippen molar-refractivity contribution < 1.29 is 10.2 Å². The van der Waals surface area contributed by atoms with E-state index in [9.17, 15) is 10.2 Å². The average Bonchev–Trinajstić information content (AvgIpc) is 2.17. The van der Waals surface area contributed by atoms with Gasteiger partial charge in [0, 0.05) is 12.1 Å². The molecule has 1 aromatic carbocycles. The third-order valence-electron chi connectivity index (χ3n) is 2.75. The van der Waals surface area contributed by atoms with E-state index in [1.165, 1.54) is 0 Å². The molecule has 1 rings (SSSR count). The fourth-order valence-electron chi connectivity index (χ4n) is 2.01. The third kappa shape index (κ3) is 3.14. The largest absolute Gasteiger partial charge is 0.507 e. The summed E-state index contributed by atoms with van der Waals surface area (Å²) in [7, 11) is 0. The number of phenols is 2. The molecular formula is C13H21NO2. The predicted octanol–water partition coefficient (Wildman–Crippen LogP) is 2.94. The Morgan fingerprint density at radius 2 is 1.75 bits per heavy atom. The predicted molar refractivity (Wildman–Crippen MR) is 65.7 cm³/mol. The van der Waals surface area contributed by atoms with Gasteiger partial charge < -0.3 is 15.5 Å². The minimum atomic E-state index is -0.0530. The monoisotopic (exact) mass is 223 g/mol. The molecule has 0 spiro atoms. The molecule has 0 saturated carbocycles. The second kappa shape index (κ2) is 5.75. The van der Waals surface area contributed by atoms with Gasteiger partial charge in [0.05, 0.1) is 5.56 Å². The molecule has 0 bridgehead atoms. The molecule has 0 aliphatic heterocycles. The van der Waals surface area contributed by atoms with Gasteiger partial charge >= 0.3 is 0 Å². The topological polar surface area (TPSA) is 52.5 Å². The number of hydrogen-bond acceptors (Lipinski definition) is 3. The molecule has 0 aliphatic rings. The van der Waals surface area contributed by atoms with Gasteiger partial charge in [-0.05, 0) is 32.4 Å². The van der Waals surface area contributed by atoms with Crippen LogP contribution in [-0.2, 0) is 0 Å². The van der Waals surface area contributed by atoms with E-state index < -0.39 is 0 Å². The zero-order valence-corrected chi connectivity index (χ0v) is 10.2. The van der Waals surface area contributed by atoms with E-state index in [1.54, 1.807) is 18.2 Å². The third-order valence-corrected chi connectivity index (χ3v) is 2.75. The van der Waals surface area contributed by atoms with E-state index in [-0.39, 0.29) is 17.5 Å². The van der Waals surface area contributed by atoms with Crippen LogP contribution in [-0.4, -0.2) is 16.3 Å². The summed E-state index contributed by atoms with van der Waals surface area (Å²) >= 11 is 0. The lowest BCUT2D eigenvalue weighted by Crippen LogP contribution is -2.28. The van der Waals surface area contributed by atoms with Crippen molar-refractivity contribution in [1.29, 1.82) is 0 Å². The van der Waals surface area contributed by atoms with Crippen LogP contribution in [0.2, 0.25) is 0 Å². The first-order valence-electron chi connectivity index (χ1n) is 5.83. The Hall–Kier alpha value is -1.22. The second-order valence-corrected chi connectivity index (χ2v) is 4.29. The summed E-state index contributed by atoms with van der Waals surface area (Å²) in [6.45, 7) is 6.19. The van der Waals surface area contributed by atoms with Crippen molar-refractivity contribution in [3.05, 3.63) is 23.8 Å². The first-order valence-corrected chi connectivity index (χ1v) is 5.83. The molecule has 0 amide bonds. The molecule has 0 aromatic heterocycles. The van der Waals surface area contributed by atoms with E-state index in [2.05, 4.69) is 19.2 Å². The second-order valence-electron chi connectivity index (χ2n) is 4.29. The first kappa shape index (κ1) is 12.8. The molecule has 0 fully saturated rings. The van der Waals surface area contributed by atoms with Gasteiger partial charge in [-0.3, -0.25) is 0 Å². The lowest BCUT2D eigenvalue weighted by Gasteiger charge is -2.21. The smallest absolute Gasteiger partial charge is 0.124 e. The van der Waals surface area contributed by atoms with E-state index in [0.29, 0.717) is 11.6 Å². The number of nitrogens with one attached hydrogen (secondary N) is 1. The number of phenolic OH excluding ortho intramolecular Hbond substituents is 2. The van der Waals surface area contributed by atoms with Gasteiger partial charge in [-0.1, -0.05) is 19.4 Å². The number of aromatic hydroxyl groups is 2. The maximum atomic E-state index is 9.70. The summed E-state index contributed by atoms with van der Waals surface area (Å²) < 4.78 is 0. The zero-order chi connectivity index (χ0) is 12.1. The Kier molecular flexibility index (Phi) is 4.62. The summed E-state index contributed by atoms with van der Waals surface area (Å²) in [4.78, 5) is 0. The highest BCUT2D eigenvalue weighted by atomic mass is 16.3. The van der Waals surface area contributed by atoms with Crippen molar-refractivity contribution in [2.45, 2.75) is 45.7 Å². The van der Waals surface area contributed by atoms with Crippen LogP contribution in [0.3, 0.4) is 0 Å². The highest BCUT2D eigenvalue weighted by Gasteiger charge is 2.16. The molecule has 16 heavy (non-hydrogen) atoms. The van der Waals surface area contributed by atoms with E-state index in [0.717, 1.165) is 12.8 Å². The van der Waals surface area contributed by atoms with Crippen LogP contribution in [0.5, 0.6) is 11.5 Å². The summed E-state index contributed by atoms with van der Waals surface area (Å²) in [6, 6.07) is 5.15. The summed E-state index contributed by atoms with van der Waals surface area (Å²) in [6.07, 6.45) is 2.20. The molecular weight excluding hydrogens is 202 g/mol. The van der Waals surface area contributed by atoms with Crippen LogP contribution >= 0.6 is 0 Å². The van der Waals surface area contributed by atoms with E-state index in [1.807, 2.05) is 6.92 Å². The minimum absolute atomic E-state index is 0.0530. The Labute approximate surface area is 97.1 Å². The van der Waals surface area contributed by atoms with E-state index in [4.69, 9.17) is 0 Å².